The number of carbonyl (C=O) groups excluding carboxylic acids is 3. The molecule has 174 valence electrons. The maximum absolute atomic E-state index is 13.0. The molecule has 0 aliphatic carbocycles. The van der Waals surface area contributed by atoms with Gasteiger partial charge in [0.2, 0.25) is 0 Å². The fraction of sp³-hybridized carbons (Fsp3) is 0.222. The summed E-state index contributed by atoms with van der Waals surface area (Å²) >= 11 is 0. The van der Waals surface area contributed by atoms with Crippen molar-refractivity contribution in [1.82, 2.24) is 5.32 Å². The highest BCUT2D eigenvalue weighted by Gasteiger charge is 2.37. The number of hydrogen-bond donors (Lipinski definition) is 1. The van der Waals surface area contributed by atoms with Gasteiger partial charge in [-0.15, -0.1) is 0 Å². The monoisotopic (exact) mass is 458 g/mol. The third-order valence-electron chi connectivity index (χ3n) is 5.33. The number of hydrogen-bond acceptors (Lipinski definition) is 5. The molecule has 0 fully saturated rings. The Morgan fingerprint density at radius 1 is 0.941 bits per heavy atom. The van der Waals surface area contributed by atoms with Crippen LogP contribution in [-0.2, 0) is 6.54 Å². The van der Waals surface area contributed by atoms with E-state index in [2.05, 4.69) is 5.32 Å². The van der Waals surface area contributed by atoms with Gasteiger partial charge in [-0.05, 0) is 69.3 Å². The van der Waals surface area contributed by atoms with Crippen molar-refractivity contribution >= 4 is 23.4 Å². The molecule has 4 rings (SSSR count). The number of nitrogens with zero attached hydrogens (tertiary/aromatic N) is 1. The molecule has 0 saturated heterocycles. The number of imide groups is 1. The second-order valence-electron chi connectivity index (χ2n) is 8.09. The first-order chi connectivity index (χ1) is 16.4. The number of ether oxygens (including phenoxy) is 2. The van der Waals surface area contributed by atoms with Gasteiger partial charge in [0.15, 0.2) is 0 Å². The van der Waals surface area contributed by atoms with Crippen molar-refractivity contribution in [3.05, 3.63) is 89.0 Å². The van der Waals surface area contributed by atoms with E-state index in [0.29, 0.717) is 29.4 Å². The summed E-state index contributed by atoms with van der Waals surface area (Å²) in [6.07, 6.45) is 0.00966. The van der Waals surface area contributed by atoms with Crippen LogP contribution >= 0.6 is 0 Å². The van der Waals surface area contributed by atoms with E-state index in [1.54, 1.807) is 30.3 Å². The molecule has 3 amide bonds. The maximum Gasteiger partial charge on any atom is 0.266 e. The van der Waals surface area contributed by atoms with Crippen molar-refractivity contribution < 1.29 is 23.9 Å². The lowest BCUT2D eigenvalue weighted by molar-refractivity contribution is 0.0923. The predicted molar refractivity (Wildman–Crippen MR) is 129 cm³/mol. The van der Waals surface area contributed by atoms with Gasteiger partial charge >= 0.3 is 0 Å². The van der Waals surface area contributed by atoms with Crippen molar-refractivity contribution in [2.24, 2.45) is 0 Å². The van der Waals surface area contributed by atoms with E-state index in [-0.39, 0.29) is 29.7 Å². The van der Waals surface area contributed by atoms with E-state index in [9.17, 15) is 14.4 Å². The van der Waals surface area contributed by atoms with Gasteiger partial charge in [-0.2, -0.15) is 0 Å². The first kappa shape index (κ1) is 23.0. The molecule has 0 unspecified atom stereocenters. The molecule has 0 spiro atoms. The van der Waals surface area contributed by atoms with Crippen LogP contribution in [0.15, 0.2) is 66.7 Å². The van der Waals surface area contributed by atoms with Gasteiger partial charge in [-0.25, -0.2) is 4.90 Å². The number of nitrogens with one attached hydrogen (secondary N) is 1. The van der Waals surface area contributed by atoms with Crippen molar-refractivity contribution in [1.29, 1.82) is 0 Å². The van der Waals surface area contributed by atoms with Gasteiger partial charge in [0, 0.05) is 17.7 Å². The molecule has 7 heteroatoms. The molecule has 0 radical (unpaired) electrons. The van der Waals surface area contributed by atoms with Crippen LogP contribution in [0.25, 0.3) is 0 Å². The topological polar surface area (TPSA) is 84.9 Å². The third-order valence-corrected chi connectivity index (χ3v) is 5.33. The molecule has 1 aliphatic rings. The Labute approximate surface area is 198 Å². The van der Waals surface area contributed by atoms with E-state index >= 15 is 0 Å². The normalized spacial score (nSPS) is 12.6. The third kappa shape index (κ3) is 4.64. The van der Waals surface area contributed by atoms with E-state index in [1.807, 2.05) is 45.0 Å². The van der Waals surface area contributed by atoms with Crippen molar-refractivity contribution in [2.75, 3.05) is 11.5 Å². The largest absolute Gasteiger partial charge is 0.494 e. The van der Waals surface area contributed by atoms with E-state index in [4.69, 9.17) is 9.47 Å². The molecule has 1 heterocycles. The summed E-state index contributed by atoms with van der Waals surface area (Å²) in [5.41, 5.74) is 2.07. The molecule has 3 aromatic carbocycles. The molecule has 0 aromatic heterocycles. The Morgan fingerprint density at radius 2 is 1.65 bits per heavy atom. The van der Waals surface area contributed by atoms with Crippen LogP contribution in [-0.4, -0.2) is 30.4 Å². The summed E-state index contributed by atoms with van der Waals surface area (Å²) in [6.45, 7) is 6.55. The molecule has 0 saturated carbocycles. The van der Waals surface area contributed by atoms with Crippen LogP contribution in [0.2, 0.25) is 0 Å². The van der Waals surface area contributed by atoms with Crippen LogP contribution in [0, 0.1) is 0 Å². The smallest absolute Gasteiger partial charge is 0.266 e. The number of anilines is 1. The minimum absolute atomic E-state index is 0.00966. The van der Waals surface area contributed by atoms with Crippen LogP contribution in [0.5, 0.6) is 11.5 Å². The first-order valence-corrected chi connectivity index (χ1v) is 11.2. The number of fused-ring (bicyclic) bond motifs is 1. The Morgan fingerprint density at radius 3 is 2.35 bits per heavy atom. The predicted octanol–water partition coefficient (Wildman–Crippen LogP) is 4.60. The second kappa shape index (κ2) is 9.79. The number of rotatable bonds is 8. The number of amides is 3. The van der Waals surface area contributed by atoms with Gasteiger partial charge in [-0.1, -0.05) is 18.2 Å². The number of carbonyl (C=O) groups is 3. The maximum atomic E-state index is 13.0. The molecule has 1 N–H and O–H groups in total. The summed E-state index contributed by atoms with van der Waals surface area (Å²) in [7, 11) is 0. The van der Waals surface area contributed by atoms with E-state index < -0.39 is 11.8 Å². The van der Waals surface area contributed by atoms with Crippen LogP contribution in [0.4, 0.5) is 5.69 Å². The Kier molecular flexibility index (Phi) is 6.63. The lowest BCUT2D eigenvalue weighted by Gasteiger charge is -2.14. The quantitative estimate of drug-likeness (QED) is 0.499. The Balaban J connectivity index is 1.50. The lowest BCUT2D eigenvalue weighted by Crippen LogP contribution is -2.29. The molecule has 7 nitrogen and oxygen atoms in total. The van der Waals surface area contributed by atoms with Gasteiger partial charge in [0.05, 0.1) is 29.5 Å². The summed E-state index contributed by atoms with van der Waals surface area (Å²) < 4.78 is 11.2. The summed E-state index contributed by atoms with van der Waals surface area (Å²) in [4.78, 5) is 39.9. The lowest BCUT2D eigenvalue weighted by atomic mass is 10.1. The zero-order valence-electron chi connectivity index (χ0n) is 19.3. The highest BCUT2D eigenvalue weighted by Crippen LogP contribution is 2.30. The summed E-state index contributed by atoms with van der Waals surface area (Å²) in [6, 6.07) is 18.8. The highest BCUT2D eigenvalue weighted by atomic mass is 16.5. The average molecular weight is 459 g/mol. The Hall–Kier alpha value is -4.13. The van der Waals surface area contributed by atoms with E-state index in [1.165, 1.54) is 12.1 Å². The van der Waals surface area contributed by atoms with Gasteiger partial charge in [0.1, 0.15) is 11.5 Å². The van der Waals surface area contributed by atoms with Crippen molar-refractivity contribution in [3.8, 4) is 11.5 Å². The molecule has 0 bridgehead atoms. The first-order valence-electron chi connectivity index (χ1n) is 11.2. The van der Waals surface area contributed by atoms with Crippen LogP contribution < -0.4 is 19.7 Å². The van der Waals surface area contributed by atoms with E-state index in [0.717, 1.165) is 10.5 Å². The Bertz CT molecular complexity index is 1230. The zero-order chi connectivity index (χ0) is 24.2. The van der Waals surface area contributed by atoms with Crippen LogP contribution in [0.3, 0.4) is 0 Å². The number of benzene rings is 3. The fourth-order valence-corrected chi connectivity index (χ4v) is 3.77. The van der Waals surface area contributed by atoms with Crippen molar-refractivity contribution in [3.63, 3.8) is 0 Å². The van der Waals surface area contributed by atoms with Gasteiger partial charge < -0.3 is 14.8 Å². The van der Waals surface area contributed by atoms with Gasteiger partial charge in [0.25, 0.3) is 17.7 Å². The summed E-state index contributed by atoms with van der Waals surface area (Å²) in [5, 5.41) is 2.86. The summed E-state index contributed by atoms with van der Waals surface area (Å²) in [5.74, 6) is 0.132. The SMILES string of the molecule is CCOc1ccc(N2C(=O)c3ccc(C(=O)NCc4ccccc4OC(C)C)cc3C2=O)cc1. The zero-order valence-corrected chi connectivity index (χ0v) is 19.3. The standard InChI is InChI=1S/C27H26N2O5/c1-4-33-21-12-10-20(11-13-21)29-26(31)22-14-9-18(15-23(22)27(29)32)25(30)28-16-19-7-5-6-8-24(19)34-17(2)3/h5-15,17H,4,16H2,1-3H3,(H,28,30). The second-order valence-corrected chi connectivity index (χ2v) is 8.09. The molecular formula is C27H26N2O5. The number of para-hydroxylation sites is 1. The highest BCUT2D eigenvalue weighted by molar-refractivity contribution is 6.34. The fourth-order valence-electron chi connectivity index (χ4n) is 3.77. The van der Waals surface area contributed by atoms with Gasteiger partial charge in [-0.3, -0.25) is 14.4 Å². The molecule has 34 heavy (non-hydrogen) atoms. The molecule has 0 atom stereocenters. The molecular weight excluding hydrogens is 432 g/mol. The van der Waals surface area contributed by atoms with Crippen LogP contribution in [0.1, 0.15) is 57.4 Å². The minimum atomic E-state index is -0.463. The van der Waals surface area contributed by atoms with Crippen molar-refractivity contribution in [2.45, 2.75) is 33.4 Å². The molecule has 1 aliphatic heterocycles. The minimum Gasteiger partial charge on any atom is -0.494 e. The molecule has 3 aromatic rings. The average Bonchev–Trinajstić information content (AvgIpc) is 3.08.